The third-order valence-electron chi connectivity index (χ3n) is 1.60. The number of carbonyl (C=O) groups is 2. The minimum atomic E-state index is -1.67. The van der Waals surface area contributed by atoms with E-state index in [0.717, 1.165) is 6.01 Å². The van der Waals surface area contributed by atoms with Crippen LogP contribution in [-0.4, -0.2) is 17.6 Å². The van der Waals surface area contributed by atoms with E-state index in [1.165, 1.54) is 5.43 Å². The summed E-state index contributed by atoms with van der Waals surface area (Å²) in [5, 5.41) is 8.11. The van der Waals surface area contributed by atoms with E-state index in [0.29, 0.717) is 0 Å². The van der Waals surface area contributed by atoms with Crippen LogP contribution in [0.3, 0.4) is 0 Å². The fourth-order valence-corrected chi connectivity index (χ4v) is 0.940. The van der Waals surface area contributed by atoms with Crippen LogP contribution in [0.2, 0.25) is 0 Å². The predicted octanol–water partition coefficient (Wildman–Crippen LogP) is -5.32. The second kappa shape index (κ2) is 7.79. The molecule has 18 heavy (non-hydrogen) atoms. The van der Waals surface area contributed by atoms with Gasteiger partial charge in [0.25, 0.3) is 0 Å². The second-order valence-corrected chi connectivity index (χ2v) is 2.45. The Labute approximate surface area is 124 Å². The Bertz CT molecular complexity index is 544. The van der Waals surface area contributed by atoms with Crippen molar-refractivity contribution >= 4 is 17.6 Å². The van der Waals surface area contributed by atoms with Gasteiger partial charge in [-0.3, -0.25) is 9.59 Å². The van der Waals surface area contributed by atoms with Crippen LogP contribution in [0.1, 0.15) is 0 Å². The molecule has 10 heteroatoms. The first-order valence-corrected chi connectivity index (χ1v) is 3.65. The summed E-state index contributed by atoms with van der Waals surface area (Å²) in [5.41, 5.74) is -0.748. The van der Waals surface area contributed by atoms with Gasteiger partial charge in [0.05, 0.1) is 5.70 Å². The van der Waals surface area contributed by atoms with Crippen LogP contribution in [0.5, 0.6) is 0 Å². The van der Waals surface area contributed by atoms with Crippen molar-refractivity contribution in [3.63, 3.8) is 0 Å². The van der Waals surface area contributed by atoms with Crippen molar-refractivity contribution in [1.82, 2.24) is 5.43 Å². The zero-order valence-electron chi connectivity index (χ0n) is 9.41. The zero-order chi connectivity index (χ0) is 12.3. The van der Waals surface area contributed by atoms with Gasteiger partial charge < -0.3 is 10.4 Å². The first kappa shape index (κ1) is 18.9. The molecule has 0 radical (unpaired) electrons. The molecule has 80 valence electrons. The summed E-state index contributed by atoms with van der Waals surface area (Å²) >= 11 is 0. The number of halogens is 2. The van der Waals surface area contributed by atoms with Crippen molar-refractivity contribution in [1.29, 1.82) is 0 Å². The first-order chi connectivity index (χ1) is 7.54. The van der Waals surface area contributed by atoms with E-state index in [2.05, 4.69) is 9.95 Å². The summed E-state index contributed by atoms with van der Waals surface area (Å²) in [6, 6.07) is 1.07. The molecule has 0 fully saturated rings. The Kier molecular flexibility index (Phi) is 8.18. The molecule has 1 aliphatic carbocycles. The second-order valence-electron chi connectivity index (χ2n) is 2.45. The van der Waals surface area contributed by atoms with Crippen LogP contribution in [0.25, 0.3) is 10.4 Å². The molecule has 0 spiro atoms. The molecule has 1 N–H and O–H groups in total. The molecule has 0 aromatic rings. The van der Waals surface area contributed by atoms with Crippen molar-refractivity contribution in [2.75, 3.05) is 0 Å². The number of Topliss-reactive ketones (excluding diaryl/α,β-unsaturated/α-hetero) is 2. The maximum atomic E-state index is 13.2. The molecule has 0 aromatic heterocycles. The normalized spacial score (nSPS) is 14.1. The molecule has 1 rings (SSSR count). The van der Waals surface area contributed by atoms with E-state index in [1.54, 1.807) is 0 Å². The quantitative estimate of drug-likeness (QED) is 0.171. The van der Waals surface area contributed by atoms with E-state index >= 15 is 0 Å². The van der Waals surface area contributed by atoms with E-state index < -0.39 is 34.6 Å². The van der Waals surface area contributed by atoms with Crippen molar-refractivity contribution in [3.05, 3.63) is 40.0 Å². The molecule has 6 nitrogen and oxygen atoms in total. The third-order valence-corrected chi connectivity index (χ3v) is 1.60. The van der Waals surface area contributed by atoms with Gasteiger partial charge in [-0.25, -0.2) is 4.39 Å². The monoisotopic (exact) mass is 237 g/mol. The number of hydrogen-bond donors (Lipinski definition) is 1. The van der Waals surface area contributed by atoms with Gasteiger partial charge in [0.2, 0.25) is 17.4 Å². The van der Waals surface area contributed by atoms with Crippen LogP contribution in [0, 0.1) is 6.57 Å². The van der Waals surface area contributed by atoms with Gasteiger partial charge in [-0.15, -0.1) is 0 Å². The van der Waals surface area contributed by atoms with Crippen LogP contribution >= 0.6 is 0 Å². The number of ketones is 2. The smallest absolute Gasteiger partial charge is 0.422 e. The molecule has 0 unspecified atom stereocenters. The molecule has 0 saturated heterocycles. The maximum absolute atomic E-state index is 13.2. The summed E-state index contributed by atoms with van der Waals surface area (Å²) in [6.07, 6.45) is 0. The maximum Gasteiger partial charge on any atom is 1.00 e. The number of nitrogens with one attached hydrogen (secondary N) is 1. The molecular weight excluding hydrogens is 236 g/mol. The molecule has 0 saturated carbocycles. The van der Waals surface area contributed by atoms with Crippen molar-refractivity contribution < 1.29 is 56.1 Å². The number of rotatable bonds is 2. The summed E-state index contributed by atoms with van der Waals surface area (Å²) in [5.74, 6) is -6.39. The Hall–Kier alpha value is -1.46. The van der Waals surface area contributed by atoms with Gasteiger partial charge in [0, 0.05) is 0 Å². The summed E-state index contributed by atoms with van der Waals surface area (Å²) < 4.78 is 26.3. The Balaban J connectivity index is 0. The Morgan fingerprint density at radius 2 is 1.78 bits per heavy atom. The number of aliphatic imine (C=N–C) groups is 1. The van der Waals surface area contributed by atoms with Crippen molar-refractivity contribution in [2.45, 2.75) is 0 Å². The average Bonchev–Trinajstić information content (AvgIpc) is 2.28. The van der Waals surface area contributed by atoms with E-state index in [9.17, 15) is 18.4 Å². The van der Waals surface area contributed by atoms with E-state index in [4.69, 9.17) is 12.0 Å². The molecule has 0 bridgehead atoms. The van der Waals surface area contributed by atoms with E-state index in [1.807, 2.05) is 0 Å². The molecule has 0 aromatic carbocycles. The molecule has 0 aliphatic heterocycles. The third kappa shape index (κ3) is 3.27. The van der Waals surface area contributed by atoms with Gasteiger partial charge in [0.15, 0.2) is 11.5 Å². The molecule has 0 heterocycles. The summed E-state index contributed by atoms with van der Waals surface area (Å²) in [6.45, 7) is 6.32. The topological polar surface area (TPSA) is 85.2 Å². The Morgan fingerprint density at radius 1 is 1.22 bits per heavy atom. The van der Waals surface area contributed by atoms with Gasteiger partial charge >= 0.3 is 37.7 Å². The number of allylic oxidation sites excluding steroid dienone is 2. The summed E-state index contributed by atoms with van der Waals surface area (Å²) in [4.78, 5) is 27.3. The van der Waals surface area contributed by atoms with Crippen LogP contribution in [0.4, 0.5) is 8.78 Å². The molecule has 1 aliphatic rings. The van der Waals surface area contributed by atoms with Crippen molar-refractivity contribution in [3.8, 4) is 0 Å². The largest absolute Gasteiger partial charge is 1.00 e. The fraction of sp³-hybridized carbons (Fsp3) is 0. The van der Waals surface area contributed by atoms with Gasteiger partial charge in [-0.05, 0) is 0 Å². The SMILES string of the molecule is [C-]#[N+]NC1=C(F)C(=O)C(N=C=[N-])=C(F)C1=O.[Li+].[Li+]. The number of nitrogens with zero attached hydrogens (tertiary/aromatic N) is 3. The minimum Gasteiger partial charge on any atom is -0.422 e. The zero-order valence-corrected chi connectivity index (χ0v) is 9.41. The van der Waals surface area contributed by atoms with Crippen LogP contribution in [0.15, 0.2) is 28.0 Å². The number of hydrogen-bond acceptors (Lipinski definition) is 4. The van der Waals surface area contributed by atoms with Crippen molar-refractivity contribution in [2.24, 2.45) is 4.99 Å². The predicted molar refractivity (Wildman–Crippen MR) is 46.8 cm³/mol. The van der Waals surface area contributed by atoms with Crippen LogP contribution < -0.4 is 43.1 Å². The van der Waals surface area contributed by atoms with E-state index in [-0.39, 0.29) is 37.7 Å². The molecule has 0 amide bonds. The minimum absolute atomic E-state index is 0. The fourth-order valence-electron chi connectivity index (χ4n) is 0.940. The Morgan fingerprint density at radius 3 is 2.22 bits per heavy atom. The molecule has 0 atom stereocenters. The first-order valence-electron chi connectivity index (χ1n) is 3.65. The number of carbonyl (C=O) groups excluding carboxylic acids is 2. The summed E-state index contributed by atoms with van der Waals surface area (Å²) in [7, 11) is 0. The standard InChI is InChI=1S/C8HF2N4O2.2Li/c1-12-14-6-4(10)7(15)5(13-2-11)3(9)8(6)16;;/h14H;;/q-1;2*+1. The van der Waals surface area contributed by atoms with Gasteiger partial charge in [0.1, 0.15) is 0 Å². The van der Waals surface area contributed by atoms with Gasteiger partial charge in [-0.2, -0.15) is 21.9 Å². The van der Waals surface area contributed by atoms with Crippen LogP contribution in [-0.2, 0) is 9.59 Å². The van der Waals surface area contributed by atoms with Gasteiger partial charge in [-0.1, -0.05) is 5.43 Å². The average molecular weight is 237 g/mol. The molecular formula is C8HF2Li2N4O2+.